The lowest BCUT2D eigenvalue weighted by Gasteiger charge is -2.23. The highest BCUT2D eigenvalue weighted by molar-refractivity contribution is 8.34. The van der Waals surface area contributed by atoms with Crippen molar-refractivity contribution in [3.63, 3.8) is 0 Å². The van der Waals surface area contributed by atoms with Crippen LogP contribution in [0.5, 0.6) is 0 Å². The molecule has 0 amide bonds. The molecule has 20 heavy (non-hydrogen) atoms. The Kier molecular flexibility index (Phi) is 18.7. The number of carboxylic acid groups (broad SMARTS) is 2. The highest BCUT2D eigenvalue weighted by atomic mass is 32.2. The second-order valence-electron chi connectivity index (χ2n) is 4.40. The molecule has 0 atom stereocenters. The molecule has 0 aliphatic rings. The molecule has 0 saturated carbocycles. The molecule has 0 aliphatic carbocycles. The van der Waals surface area contributed by atoms with Crippen molar-refractivity contribution in [3.8, 4) is 0 Å². The highest BCUT2D eigenvalue weighted by Gasteiger charge is 2.30. The van der Waals surface area contributed by atoms with Gasteiger partial charge in [0.1, 0.15) is 0 Å². The highest BCUT2D eigenvalue weighted by Crippen LogP contribution is 2.28. The third-order valence-electron chi connectivity index (χ3n) is 2.42. The number of aliphatic carboxylic acids is 2. The molecule has 0 aromatic rings. The molecule has 7 heteroatoms. The number of thiocarbonyl (C=S) groups is 1. The van der Waals surface area contributed by atoms with Gasteiger partial charge < -0.3 is 10.2 Å². The number of carbonyl (C=O) groups is 2. The molecule has 0 heterocycles. The maximum Gasteiger partial charge on any atom is 0.309 e. The van der Waals surface area contributed by atoms with E-state index in [1.807, 2.05) is 20.8 Å². The van der Waals surface area contributed by atoms with Crippen LogP contribution in [0.25, 0.3) is 0 Å². The fourth-order valence-corrected chi connectivity index (χ4v) is 1.44. The van der Waals surface area contributed by atoms with E-state index in [0.29, 0.717) is 3.53 Å². The molecular formula is C13H26O4S3. The zero-order valence-electron chi connectivity index (χ0n) is 12.5. The first-order valence-corrected chi connectivity index (χ1v) is 7.74. The number of hydrogen-bond donors (Lipinski definition) is 4. The molecule has 0 bridgehead atoms. The van der Waals surface area contributed by atoms with Gasteiger partial charge in [-0.3, -0.25) is 9.59 Å². The minimum Gasteiger partial charge on any atom is -0.481 e. The fraction of sp³-hybridized carbons (Fsp3) is 0.769. The Hall–Kier alpha value is -0.270. The monoisotopic (exact) mass is 342 g/mol. The summed E-state index contributed by atoms with van der Waals surface area (Å²) in [5.74, 6) is -1.40. The van der Waals surface area contributed by atoms with Gasteiger partial charge in [0.05, 0.1) is 8.94 Å². The van der Waals surface area contributed by atoms with E-state index in [4.69, 9.17) is 10.2 Å². The van der Waals surface area contributed by atoms with Crippen LogP contribution in [0.15, 0.2) is 0 Å². The van der Waals surface area contributed by atoms with Crippen LogP contribution in [-0.4, -0.2) is 25.7 Å². The van der Waals surface area contributed by atoms with Crippen molar-refractivity contribution < 1.29 is 19.8 Å². The number of hydrogen-bond acceptors (Lipinski definition) is 3. The normalized spacial score (nSPS) is 9.50. The Balaban J connectivity index is -0.000000266. The average molecular weight is 343 g/mol. The summed E-state index contributed by atoms with van der Waals surface area (Å²) in [6, 6.07) is 0. The van der Waals surface area contributed by atoms with Gasteiger partial charge in [0.2, 0.25) is 0 Å². The molecular weight excluding hydrogens is 316 g/mol. The van der Waals surface area contributed by atoms with Crippen molar-refractivity contribution in [1.29, 1.82) is 0 Å². The number of thiol groups is 2. The van der Waals surface area contributed by atoms with Crippen LogP contribution < -0.4 is 0 Å². The van der Waals surface area contributed by atoms with Crippen LogP contribution in [0, 0.1) is 5.41 Å². The lowest BCUT2D eigenvalue weighted by molar-refractivity contribution is -0.148. The molecule has 2 N–H and O–H groups in total. The summed E-state index contributed by atoms with van der Waals surface area (Å²) in [4.78, 5) is 20.2. The van der Waals surface area contributed by atoms with Crippen LogP contribution in [0.2, 0.25) is 0 Å². The van der Waals surface area contributed by atoms with E-state index in [0.717, 1.165) is 25.7 Å². The average Bonchev–Trinajstić information content (AvgIpc) is 2.29. The molecule has 0 rings (SSSR count). The van der Waals surface area contributed by atoms with Gasteiger partial charge in [0, 0.05) is 6.42 Å². The van der Waals surface area contributed by atoms with E-state index in [1.54, 1.807) is 6.92 Å². The molecule has 0 saturated heterocycles. The van der Waals surface area contributed by atoms with Gasteiger partial charge in [-0.25, -0.2) is 0 Å². The first-order valence-electron chi connectivity index (χ1n) is 6.44. The third kappa shape index (κ3) is 20.1. The maximum absolute atomic E-state index is 10.8. The maximum atomic E-state index is 10.8. The van der Waals surface area contributed by atoms with Crippen molar-refractivity contribution in [3.05, 3.63) is 0 Å². The van der Waals surface area contributed by atoms with E-state index in [-0.39, 0.29) is 6.42 Å². The lowest BCUT2D eigenvalue weighted by Crippen LogP contribution is -2.26. The van der Waals surface area contributed by atoms with Gasteiger partial charge >= 0.3 is 11.9 Å². The molecule has 120 valence electrons. The predicted octanol–water partition coefficient (Wildman–Crippen LogP) is 4.29. The molecule has 0 aromatic carbocycles. The molecule has 0 aliphatic heterocycles. The predicted molar refractivity (Wildman–Crippen MR) is 94.1 cm³/mol. The van der Waals surface area contributed by atoms with E-state index >= 15 is 0 Å². The lowest BCUT2D eigenvalue weighted by atomic mass is 9.81. The zero-order valence-corrected chi connectivity index (χ0v) is 15.2. The summed E-state index contributed by atoms with van der Waals surface area (Å²) < 4.78 is 0.389. The Morgan fingerprint density at radius 3 is 1.40 bits per heavy atom. The van der Waals surface area contributed by atoms with Crippen molar-refractivity contribution in [2.24, 2.45) is 5.41 Å². The summed E-state index contributed by atoms with van der Waals surface area (Å²) >= 11 is 11.4. The Morgan fingerprint density at radius 1 is 1.05 bits per heavy atom. The first-order chi connectivity index (χ1) is 9.07. The van der Waals surface area contributed by atoms with Gasteiger partial charge in [0.15, 0.2) is 0 Å². The number of carboxylic acids is 2. The quantitative estimate of drug-likeness (QED) is 0.428. The van der Waals surface area contributed by atoms with Crippen molar-refractivity contribution in [2.75, 3.05) is 0 Å². The van der Waals surface area contributed by atoms with Crippen LogP contribution >= 0.6 is 37.5 Å². The van der Waals surface area contributed by atoms with Gasteiger partial charge in [-0.15, -0.1) is 25.3 Å². The smallest absolute Gasteiger partial charge is 0.309 e. The molecule has 0 aromatic heterocycles. The van der Waals surface area contributed by atoms with Crippen LogP contribution in [0.4, 0.5) is 0 Å². The van der Waals surface area contributed by atoms with Gasteiger partial charge in [0.25, 0.3) is 0 Å². The van der Waals surface area contributed by atoms with Crippen LogP contribution in [0.3, 0.4) is 0 Å². The molecule has 0 fully saturated rings. The number of rotatable bonds is 6. The Labute approximate surface area is 138 Å². The van der Waals surface area contributed by atoms with E-state index in [2.05, 4.69) is 37.5 Å². The Morgan fingerprint density at radius 2 is 1.30 bits per heavy atom. The topological polar surface area (TPSA) is 74.6 Å². The van der Waals surface area contributed by atoms with Crippen molar-refractivity contribution >= 4 is 52.9 Å². The van der Waals surface area contributed by atoms with Gasteiger partial charge in [-0.2, -0.15) is 0 Å². The van der Waals surface area contributed by atoms with E-state index < -0.39 is 17.4 Å². The van der Waals surface area contributed by atoms with Gasteiger partial charge in [-0.1, -0.05) is 45.8 Å². The molecule has 4 nitrogen and oxygen atoms in total. The van der Waals surface area contributed by atoms with E-state index in [9.17, 15) is 9.59 Å². The summed E-state index contributed by atoms with van der Waals surface area (Å²) in [6.45, 7) is 7.48. The fourth-order valence-electron chi connectivity index (χ4n) is 1.44. The Bertz CT molecular complexity index is 283. The standard InChI is InChI=1S/C9H18O2.C3H6O2.CH2S3/c1-4-6-9(3,7-5-2)8(10)11;1-2-3(4)5;2-1(3)4/h4-7H2,1-3H3,(H,10,11);2H2,1H3,(H,4,5);(H2,2,3,4). The summed E-state index contributed by atoms with van der Waals surface area (Å²) in [5.41, 5.74) is -0.483. The van der Waals surface area contributed by atoms with Crippen LogP contribution in [0.1, 0.15) is 59.8 Å². The van der Waals surface area contributed by atoms with Gasteiger partial charge in [-0.05, 0) is 19.8 Å². The molecule has 0 unspecified atom stereocenters. The van der Waals surface area contributed by atoms with Crippen LogP contribution in [-0.2, 0) is 9.59 Å². The molecule has 0 radical (unpaired) electrons. The second-order valence-corrected chi connectivity index (χ2v) is 6.66. The minimum atomic E-state index is -0.745. The zero-order chi connectivity index (χ0) is 16.8. The second kappa shape index (κ2) is 15.1. The van der Waals surface area contributed by atoms with Crippen molar-refractivity contribution in [1.82, 2.24) is 0 Å². The first kappa shape index (κ1) is 24.7. The largest absolute Gasteiger partial charge is 0.481 e. The SMILES string of the molecule is CCC(=O)O.CCCC(C)(CCC)C(=O)O.S=C(S)S. The molecule has 0 spiro atoms. The summed E-state index contributed by atoms with van der Waals surface area (Å²) in [6.07, 6.45) is 3.69. The minimum absolute atomic E-state index is 0.222. The van der Waals surface area contributed by atoms with Crippen molar-refractivity contribution in [2.45, 2.75) is 59.8 Å². The summed E-state index contributed by atoms with van der Waals surface area (Å²) in [5, 5.41) is 16.6. The third-order valence-corrected chi connectivity index (χ3v) is 2.42. The van der Waals surface area contributed by atoms with E-state index in [1.165, 1.54) is 0 Å². The summed E-state index contributed by atoms with van der Waals surface area (Å²) in [7, 11) is 0.